The number of hydrogen-bond donors (Lipinski definition) is 1. The van der Waals surface area contributed by atoms with Gasteiger partial charge in [0.05, 0.1) is 17.4 Å². The molecule has 0 atom stereocenters. The van der Waals surface area contributed by atoms with Gasteiger partial charge in [0.1, 0.15) is 5.82 Å². The zero-order valence-electron chi connectivity index (χ0n) is 18.7. The molecule has 0 radical (unpaired) electrons. The minimum absolute atomic E-state index is 0.00633. The van der Waals surface area contributed by atoms with E-state index in [0.717, 1.165) is 12.1 Å². The quantitative estimate of drug-likeness (QED) is 0.334. The summed E-state index contributed by atoms with van der Waals surface area (Å²) in [6.07, 6.45) is -4.79. The highest BCUT2D eigenvalue weighted by Gasteiger charge is 2.31. The lowest BCUT2D eigenvalue weighted by Gasteiger charge is -2.11. The minimum atomic E-state index is -4.53. The topological polar surface area (TPSA) is 69.0 Å². The van der Waals surface area contributed by atoms with Crippen LogP contribution in [0.25, 0.3) is 17.1 Å². The summed E-state index contributed by atoms with van der Waals surface area (Å²) >= 11 is 0. The fourth-order valence-electron chi connectivity index (χ4n) is 3.28. The Bertz CT molecular complexity index is 1350. The van der Waals surface area contributed by atoms with Gasteiger partial charge in [0, 0.05) is 16.8 Å². The third-order valence-corrected chi connectivity index (χ3v) is 4.83. The number of nitrogens with zero attached hydrogens (tertiary/aromatic N) is 3. The van der Waals surface area contributed by atoms with Crippen LogP contribution in [-0.2, 0) is 6.18 Å². The maximum absolute atomic E-state index is 13.3. The average molecular weight is 484 g/mol. The lowest BCUT2D eigenvalue weighted by atomic mass is 10.1. The number of aromatic nitrogens is 3. The van der Waals surface area contributed by atoms with Gasteiger partial charge in [0.2, 0.25) is 0 Å². The first-order chi connectivity index (χ1) is 16.6. The second-order valence-corrected chi connectivity index (χ2v) is 7.89. The normalized spacial score (nSPS) is 11.5. The zero-order chi connectivity index (χ0) is 25.2. The molecule has 0 aliphatic rings. The van der Waals surface area contributed by atoms with Crippen molar-refractivity contribution in [3.63, 3.8) is 0 Å². The molecule has 1 heterocycles. The van der Waals surface area contributed by atoms with Crippen LogP contribution in [0.3, 0.4) is 0 Å². The molecule has 1 N–H and O–H groups in total. The van der Waals surface area contributed by atoms with Gasteiger partial charge in [-0.15, -0.1) is 5.10 Å². The summed E-state index contributed by atoms with van der Waals surface area (Å²) in [5, 5.41) is 7.04. The molecule has 0 aliphatic heterocycles. The van der Waals surface area contributed by atoms with Crippen LogP contribution in [-0.4, -0.2) is 26.8 Å². The summed E-state index contributed by atoms with van der Waals surface area (Å²) in [6.45, 7) is 3.55. The first-order valence-electron chi connectivity index (χ1n) is 10.6. The van der Waals surface area contributed by atoms with Crippen LogP contribution in [0.2, 0.25) is 0 Å². The summed E-state index contributed by atoms with van der Waals surface area (Å²) in [6, 6.07) is 16.3. The minimum Gasteiger partial charge on any atom is -0.460 e. The number of hydrogen-bond acceptors (Lipinski definition) is 4. The SMILES string of the molecule is CC(C)Oc1nc(-c2cccc(C(F)(F)F)c2)n(-c2cccc(NC(=O)c3ccc(F)cc3)c2)n1. The van der Waals surface area contributed by atoms with Crippen molar-refractivity contribution in [2.45, 2.75) is 26.1 Å². The number of amides is 1. The lowest BCUT2D eigenvalue weighted by Crippen LogP contribution is -2.12. The Balaban J connectivity index is 1.72. The van der Waals surface area contributed by atoms with Gasteiger partial charge >= 0.3 is 12.2 Å². The van der Waals surface area contributed by atoms with Crippen LogP contribution < -0.4 is 10.1 Å². The Morgan fingerprint density at radius 1 is 1.00 bits per heavy atom. The molecule has 1 aromatic heterocycles. The van der Waals surface area contributed by atoms with E-state index in [1.807, 2.05) is 0 Å². The molecule has 0 unspecified atom stereocenters. The molecule has 3 aromatic carbocycles. The Labute approximate surface area is 198 Å². The van der Waals surface area contributed by atoms with Crippen molar-refractivity contribution in [3.8, 4) is 23.1 Å². The van der Waals surface area contributed by atoms with Gasteiger partial charge < -0.3 is 10.1 Å². The van der Waals surface area contributed by atoms with Crippen LogP contribution in [0.4, 0.5) is 23.2 Å². The van der Waals surface area contributed by atoms with E-state index in [1.165, 1.54) is 41.1 Å². The van der Waals surface area contributed by atoms with Gasteiger partial charge in [-0.1, -0.05) is 18.2 Å². The van der Waals surface area contributed by atoms with E-state index in [0.29, 0.717) is 11.4 Å². The molecule has 4 aromatic rings. The van der Waals surface area contributed by atoms with Crippen LogP contribution in [0, 0.1) is 5.82 Å². The molecule has 10 heteroatoms. The molecule has 0 spiro atoms. The molecule has 180 valence electrons. The first-order valence-corrected chi connectivity index (χ1v) is 10.6. The smallest absolute Gasteiger partial charge is 0.416 e. The number of nitrogens with one attached hydrogen (secondary N) is 1. The molecular weight excluding hydrogens is 464 g/mol. The maximum atomic E-state index is 13.3. The number of halogens is 4. The van der Waals surface area contributed by atoms with Crippen molar-refractivity contribution >= 4 is 11.6 Å². The van der Waals surface area contributed by atoms with E-state index in [4.69, 9.17) is 4.74 Å². The second kappa shape index (κ2) is 9.57. The van der Waals surface area contributed by atoms with Gasteiger partial charge in [-0.3, -0.25) is 4.79 Å². The van der Waals surface area contributed by atoms with E-state index in [1.54, 1.807) is 38.1 Å². The summed E-state index contributed by atoms with van der Waals surface area (Å²) in [5.41, 5.74) is 0.451. The molecule has 4 rings (SSSR count). The number of ether oxygens (including phenoxy) is 1. The monoisotopic (exact) mass is 484 g/mol. The summed E-state index contributed by atoms with van der Waals surface area (Å²) in [4.78, 5) is 16.8. The largest absolute Gasteiger partial charge is 0.460 e. The molecule has 35 heavy (non-hydrogen) atoms. The Morgan fingerprint density at radius 2 is 1.71 bits per heavy atom. The first kappa shape index (κ1) is 23.9. The van der Waals surface area contributed by atoms with E-state index >= 15 is 0 Å². The highest BCUT2D eigenvalue weighted by molar-refractivity contribution is 6.04. The highest BCUT2D eigenvalue weighted by Crippen LogP contribution is 2.33. The van der Waals surface area contributed by atoms with Gasteiger partial charge in [-0.25, -0.2) is 9.07 Å². The van der Waals surface area contributed by atoms with Crippen molar-refractivity contribution < 1.29 is 27.1 Å². The Hall–Kier alpha value is -4.21. The van der Waals surface area contributed by atoms with Crippen molar-refractivity contribution in [2.75, 3.05) is 5.32 Å². The standard InChI is InChI=1S/C25H20F4N4O2/c1-15(2)35-24-31-22(17-5-3-6-18(13-17)25(27,28)29)33(32-24)21-8-4-7-20(14-21)30-23(34)16-9-11-19(26)12-10-16/h3-15H,1-2H3,(H,30,34). The molecule has 0 bridgehead atoms. The third-order valence-electron chi connectivity index (χ3n) is 4.83. The number of benzene rings is 3. The summed E-state index contributed by atoms with van der Waals surface area (Å²) < 4.78 is 59.9. The molecule has 0 saturated carbocycles. The van der Waals surface area contributed by atoms with Gasteiger partial charge in [-0.2, -0.15) is 18.2 Å². The Morgan fingerprint density at radius 3 is 2.40 bits per heavy atom. The molecule has 0 saturated heterocycles. The number of carbonyl (C=O) groups excluding carboxylic acids is 1. The predicted molar refractivity (Wildman–Crippen MR) is 122 cm³/mol. The second-order valence-electron chi connectivity index (χ2n) is 7.89. The molecule has 0 fully saturated rings. The van der Waals surface area contributed by atoms with Gasteiger partial charge in [0.25, 0.3) is 5.91 Å². The summed E-state index contributed by atoms with van der Waals surface area (Å²) in [5.74, 6) is -0.785. The van der Waals surface area contributed by atoms with Gasteiger partial charge in [0.15, 0.2) is 5.82 Å². The van der Waals surface area contributed by atoms with Crippen LogP contribution in [0.5, 0.6) is 6.01 Å². The van der Waals surface area contributed by atoms with E-state index in [-0.39, 0.29) is 29.1 Å². The lowest BCUT2D eigenvalue weighted by molar-refractivity contribution is -0.137. The number of carbonyl (C=O) groups is 1. The third kappa shape index (κ3) is 5.65. The van der Waals surface area contributed by atoms with Crippen molar-refractivity contribution in [3.05, 3.63) is 89.7 Å². The van der Waals surface area contributed by atoms with Crippen LogP contribution in [0.15, 0.2) is 72.8 Å². The molecule has 1 amide bonds. The fourth-order valence-corrected chi connectivity index (χ4v) is 3.28. The van der Waals surface area contributed by atoms with Crippen molar-refractivity contribution in [2.24, 2.45) is 0 Å². The predicted octanol–water partition coefficient (Wildman–Crippen LogP) is 6.13. The number of alkyl halides is 3. The van der Waals surface area contributed by atoms with Crippen LogP contribution in [0.1, 0.15) is 29.8 Å². The highest BCUT2D eigenvalue weighted by atomic mass is 19.4. The van der Waals surface area contributed by atoms with E-state index in [9.17, 15) is 22.4 Å². The Kier molecular flexibility index (Phi) is 6.54. The average Bonchev–Trinajstić information content (AvgIpc) is 3.22. The van der Waals surface area contributed by atoms with Crippen molar-refractivity contribution in [1.29, 1.82) is 0 Å². The van der Waals surface area contributed by atoms with Crippen LogP contribution >= 0.6 is 0 Å². The van der Waals surface area contributed by atoms with Crippen molar-refractivity contribution in [1.82, 2.24) is 14.8 Å². The summed E-state index contributed by atoms with van der Waals surface area (Å²) in [7, 11) is 0. The fraction of sp³-hybridized carbons (Fsp3) is 0.160. The van der Waals surface area contributed by atoms with E-state index < -0.39 is 23.5 Å². The number of rotatable bonds is 6. The van der Waals surface area contributed by atoms with Gasteiger partial charge in [-0.05, 0) is 68.4 Å². The number of anilines is 1. The molecular formula is C25H20F4N4O2. The van der Waals surface area contributed by atoms with E-state index in [2.05, 4.69) is 15.4 Å². The zero-order valence-corrected chi connectivity index (χ0v) is 18.7. The molecule has 6 nitrogen and oxygen atoms in total. The molecule has 0 aliphatic carbocycles. The maximum Gasteiger partial charge on any atom is 0.416 e.